The van der Waals surface area contributed by atoms with E-state index in [0.29, 0.717) is 16.9 Å². The van der Waals surface area contributed by atoms with Crippen LogP contribution in [0, 0.1) is 0 Å². The average Bonchev–Trinajstić information content (AvgIpc) is 3.24. The molecule has 2 aromatic heterocycles. The standard InChI is InChI=1S/C17H16N4O2S/c1-2-13-14(20-17(24-13)21-9-3-4-10-21)16(23)19-12-7-5-11(6-8-12)15(18)22/h3-10H,2H2,1H3,(H2,18,22)(H,19,23). The Kier molecular flexibility index (Phi) is 4.43. The Bertz CT molecular complexity index is 867. The topological polar surface area (TPSA) is 90.0 Å². The van der Waals surface area contributed by atoms with Gasteiger partial charge in [0, 0.05) is 28.5 Å². The van der Waals surface area contributed by atoms with E-state index in [1.54, 1.807) is 24.3 Å². The number of amides is 2. The van der Waals surface area contributed by atoms with Crippen LogP contribution in [-0.4, -0.2) is 21.4 Å². The highest BCUT2D eigenvalue weighted by atomic mass is 32.1. The van der Waals surface area contributed by atoms with Gasteiger partial charge in [-0.1, -0.05) is 6.92 Å². The zero-order valence-corrected chi connectivity index (χ0v) is 13.8. The molecule has 0 unspecified atom stereocenters. The number of hydrogen-bond acceptors (Lipinski definition) is 4. The normalized spacial score (nSPS) is 10.5. The van der Waals surface area contributed by atoms with Crippen molar-refractivity contribution in [3.63, 3.8) is 0 Å². The monoisotopic (exact) mass is 340 g/mol. The maximum absolute atomic E-state index is 12.5. The van der Waals surface area contributed by atoms with Crippen molar-refractivity contribution in [2.45, 2.75) is 13.3 Å². The van der Waals surface area contributed by atoms with Crippen molar-refractivity contribution >= 4 is 28.8 Å². The number of nitrogens with zero attached hydrogens (tertiary/aromatic N) is 2. The maximum Gasteiger partial charge on any atom is 0.275 e. The van der Waals surface area contributed by atoms with Crippen LogP contribution in [0.15, 0.2) is 48.8 Å². The van der Waals surface area contributed by atoms with Crippen LogP contribution in [0.1, 0.15) is 32.6 Å². The van der Waals surface area contributed by atoms with Crippen LogP contribution in [0.4, 0.5) is 5.69 Å². The first kappa shape index (κ1) is 15.9. The molecule has 0 radical (unpaired) electrons. The van der Waals surface area contributed by atoms with Gasteiger partial charge >= 0.3 is 0 Å². The molecule has 0 saturated heterocycles. The lowest BCUT2D eigenvalue weighted by Gasteiger charge is -2.05. The number of thiazole rings is 1. The summed E-state index contributed by atoms with van der Waals surface area (Å²) in [5.41, 5.74) is 6.61. The summed E-state index contributed by atoms with van der Waals surface area (Å²) in [5, 5.41) is 3.56. The molecule has 122 valence electrons. The molecule has 3 N–H and O–H groups in total. The molecule has 2 amide bonds. The zero-order chi connectivity index (χ0) is 17.1. The van der Waals surface area contributed by atoms with E-state index in [2.05, 4.69) is 10.3 Å². The summed E-state index contributed by atoms with van der Waals surface area (Å²) in [6, 6.07) is 10.3. The van der Waals surface area contributed by atoms with Gasteiger partial charge in [0.05, 0.1) is 0 Å². The maximum atomic E-state index is 12.5. The Hall–Kier alpha value is -2.93. The number of rotatable bonds is 5. The van der Waals surface area contributed by atoms with Gasteiger partial charge < -0.3 is 15.6 Å². The van der Waals surface area contributed by atoms with Crippen LogP contribution in [-0.2, 0) is 6.42 Å². The highest BCUT2D eigenvalue weighted by Crippen LogP contribution is 2.24. The first-order valence-corrected chi connectivity index (χ1v) is 8.24. The first-order chi connectivity index (χ1) is 11.6. The van der Waals surface area contributed by atoms with Crippen LogP contribution in [0.5, 0.6) is 0 Å². The van der Waals surface area contributed by atoms with Crippen molar-refractivity contribution in [3.8, 4) is 5.13 Å². The fourth-order valence-corrected chi connectivity index (χ4v) is 3.20. The summed E-state index contributed by atoms with van der Waals surface area (Å²) in [6.45, 7) is 1.99. The molecule has 0 aliphatic heterocycles. The molecule has 0 saturated carbocycles. The Morgan fingerprint density at radius 2 is 1.88 bits per heavy atom. The van der Waals surface area contributed by atoms with Gasteiger partial charge in [-0.3, -0.25) is 9.59 Å². The van der Waals surface area contributed by atoms with Gasteiger partial charge in [0.2, 0.25) is 5.91 Å². The van der Waals surface area contributed by atoms with Gasteiger partial charge in [0.15, 0.2) is 5.13 Å². The number of nitrogens with two attached hydrogens (primary N) is 1. The predicted octanol–water partition coefficient (Wildman–Crippen LogP) is 2.85. The molecule has 0 bridgehead atoms. The number of carbonyl (C=O) groups excluding carboxylic acids is 2. The number of hydrogen-bond donors (Lipinski definition) is 2. The minimum absolute atomic E-state index is 0.270. The van der Waals surface area contributed by atoms with Crippen molar-refractivity contribution < 1.29 is 9.59 Å². The number of aromatic nitrogens is 2. The third-order valence-corrected chi connectivity index (χ3v) is 4.69. The summed E-state index contributed by atoms with van der Waals surface area (Å²) in [7, 11) is 0. The van der Waals surface area contributed by atoms with E-state index in [1.807, 2.05) is 36.0 Å². The largest absolute Gasteiger partial charge is 0.366 e. The van der Waals surface area contributed by atoms with Crippen molar-refractivity contribution in [3.05, 3.63) is 64.9 Å². The SMILES string of the molecule is CCc1sc(-n2cccc2)nc1C(=O)Nc1ccc(C(N)=O)cc1. The van der Waals surface area contributed by atoms with Gasteiger partial charge in [0.25, 0.3) is 5.91 Å². The molecule has 0 aliphatic carbocycles. The van der Waals surface area contributed by atoms with Crippen LogP contribution < -0.4 is 11.1 Å². The average molecular weight is 340 g/mol. The molecule has 3 aromatic rings. The third kappa shape index (κ3) is 3.21. The second-order valence-electron chi connectivity index (χ2n) is 5.11. The van der Waals surface area contributed by atoms with Crippen molar-refractivity contribution in [2.75, 3.05) is 5.32 Å². The molecule has 1 aromatic carbocycles. The lowest BCUT2D eigenvalue weighted by molar-refractivity contribution is 0.0998. The summed E-state index contributed by atoms with van der Waals surface area (Å²) in [4.78, 5) is 29.0. The van der Waals surface area contributed by atoms with Gasteiger partial charge in [-0.15, -0.1) is 11.3 Å². The van der Waals surface area contributed by atoms with E-state index in [1.165, 1.54) is 11.3 Å². The van der Waals surface area contributed by atoms with E-state index in [4.69, 9.17) is 5.73 Å². The number of aryl methyl sites for hydroxylation is 1. The van der Waals surface area contributed by atoms with E-state index in [9.17, 15) is 9.59 Å². The molecule has 24 heavy (non-hydrogen) atoms. The lowest BCUT2D eigenvalue weighted by Crippen LogP contribution is -2.15. The fourth-order valence-electron chi connectivity index (χ4n) is 2.24. The molecule has 2 heterocycles. The summed E-state index contributed by atoms with van der Waals surface area (Å²) in [5.74, 6) is -0.773. The van der Waals surface area contributed by atoms with Crippen LogP contribution >= 0.6 is 11.3 Å². The van der Waals surface area contributed by atoms with Gasteiger partial charge in [-0.25, -0.2) is 4.98 Å². The first-order valence-electron chi connectivity index (χ1n) is 7.42. The lowest BCUT2D eigenvalue weighted by atomic mass is 10.2. The number of anilines is 1. The third-order valence-electron chi connectivity index (χ3n) is 3.47. The van der Waals surface area contributed by atoms with Gasteiger partial charge in [-0.05, 0) is 42.8 Å². The van der Waals surface area contributed by atoms with E-state index < -0.39 is 5.91 Å². The molecule has 0 spiro atoms. The summed E-state index contributed by atoms with van der Waals surface area (Å²) < 4.78 is 1.88. The second kappa shape index (κ2) is 6.67. The molecule has 3 rings (SSSR count). The van der Waals surface area contributed by atoms with Crippen molar-refractivity contribution in [2.24, 2.45) is 5.73 Å². The Balaban J connectivity index is 1.83. The van der Waals surface area contributed by atoms with Gasteiger partial charge in [-0.2, -0.15) is 0 Å². The van der Waals surface area contributed by atoms with Crippen LogP contribution in [0.2, 0.25) is 0 Å². The quantitative estimate of drug-likeness (QED) is 0.748. The molecule has 6 nitrogen and oxygen atoms in total. The van der Waals surface area contributed by atoms with Crippen molar-refractivity contribution in [1.82, 2.24) is 9.55 Å². The highest BCUT2D eigenvalue weighted by molar-refractivity contribution is 7.14. The molecule has 7 heteroatoms. The number of primary amides is 1. The van der Waals surface area contributed by atoms with Crippen molar-refractivity contribution in [1.29, 1.82) is 0 Å². The smallest absolute Gasteiger partial charge is 0.275 e. The molecule has 0 fully saturated rings. The Morgan fingerprint density at radius 1 is 1.21 bits per heavy atom. The molecular formula is C17H16N4O2S. The van der Waals surface area contributed by atoms with Crippen LogP contribution in [0.25, 0.3) is 5.13 Å². The van der Waals surface area contributed by atoms with Gasteiger partial charge in [0.1, 0.15) is 5.69 Å². The fraction of sp³-hybridized carbons (Fsp3) is 0.118. The Labute approximate surface area is 142 Å². The summed E-state index contributed by atoms with van der Waals surface area (Å²) >= 11 is 1.49. The van der Waals surface area contributed by atoms with E-state index in [-0.39, 0.29) is 5.91 Å². The van der Waals surface area contributed by atoms with E-state index in [0.717, 1.165) is 16.4 Å². The number of nitrogens with one attached hydrogen (secondary N) is 1. The molecule has 0 aliphatic rings. The minimum Gasteiger partial charge on any atom is -0.366 e. The summed E-state index contributed by atoms with van der Waals surface area (Å²) in [6.07, 6.45) is 4.51. The van der Waals surface area contributed by atoms with Crippen LogP contribution in [0.3, 0.4) is 0 Å². The molecule has 0 atom stereocenters. The minimum atomic E-state index is -0.503. The zero-order valence-electron chi connectivity index (χ0n) is 13.0. The number of carbonyl (C=O) groups is 2. The highest BCUT2D eigenvalue weighted by Gasteiger charge is 2.18. The second-order valence-corrected chi connectivity index (χ2v) is 6.17. The Morgan fingerprint density at radius 3 is 2.46 bits per heavy atom. The van der Waals surface area contributed by atoms with E-state index >= 15 is 0 Å². The number of benzene rings is 1. The predicted molar refractivity (Wildman–Crippen MR) is 93.7 cm³/mol. The molecular weight excluding hydrogens is 324 g/mol.